The van der Waals surface area contributed by atoms with E-state index in [2.05, 4.69) is 16.7 Å². The smallest absolute Gasteiger partial charge is 0.310 e. The van der Waals surface area contributed by atoms with Crippen LogP contribution in [0.15, 0.2) is 55.6 Å². The monoisotopic (exact) mass is 329 g/mol. The van der Waals surface area contributed by atoms with Crippen LogP contribution in [0.5, 0.6) is 5.75 Å². The first-order valence-corrected chi connectivity index (χ1v) is 7.78. The number of esters is 1. The van der Waals surface area contributed by atoms with Crippen LogP contribution in [0, 0.1) is 5.41 Å². The summed E-state index contributed by atoms with van der Waals surface area (Å²) in [6, 6.07) is 9.35. The van der Waals surface area contributed by atoms with Crippen LogP contribution in [0.1, 0.15) is 33.4 Å². The molecule has 0 N–H and O–H groups in total. The normalized spacial score (nSPS) is 13.8. The van der Waals surface area contributed by atoms with Crippen LogP contribution in [0.3, 0.4) is 0 Å². The quantitative estimate of drug-likeness (QED) is 0.575. The first kappa shape index (κ1) is 17.7. The highest BCUT2D eigenvalue weighted by molar-refractivity contribution is 5.71. The molecule has 6 nitrogen and oxygen atoms in total. The molecule has 128 valence electrons. The van der Waals surface area contributed by atoms with Crippen molar-refractivity contribution in [3.05, 3.63) is 55.6 Å². The van der Waals surface area contributed by atoms with Crippen LogP contribution in [0.2, 0.25) is 0 Å². The summed E-state index contributed by atoms with van der Waals surface area (Å²) < 4.78 is 13.3. The standard InChI is InChI=1S/C18H23N3O3/c1-5-9-15(22)24-16(18(2,3)4)17(21-13-19-12-20-21)23-14-10-7-6-8-11-14/h5-8,10-13,16-17H,1,9H2,2-4H3. The fraction of sp³-hybridized carbons (Fsp3) is 0.389. The molecule has 2 aromatic rings. The largest absolute Gasteiger partial charge is 0.465 e. The molecule has 2 atom stereocenters. The van der Waals surface area contributed by atoms with Gasteiger partial charge >= 0.3 is 5.97 Å². The van der Waals surface area contributed by atoms with Gasteiger partial charge in [-0.3, -0.25) is 4.79 Å². The van der Waals surface area contributed by atoms with Gasteiger partial charge in [-0.15, -0.1) is 6.58 Å². The number of para-hydroxylation sites is 1. The van der Waals surface area contributed by atoms with Crippen LogP contribution < -0.4 is 4.74 Å². The first-order chi connectivity index (χ1) is 11.4. The van der Waals surface area contributed by atoms with Crippen LogP contribution in [0.4, 0.5) is 0 Å². The lowest BCUT2D eigenvalue weighted by atomic mass is 9.87. The topological polar surface area (TPSA) is 66.2 Å². The average Bonchev–Trinajstić information content (AvgIpc) is 3.05. The Morgan fingerprint density at radius 3 is 2.58 bits per heavy atom. The van der Waals surface area contributed by atoms with E-state index < -0.39 is 12.3 Å². The van der Waals surface area contributed by atoms with Crippen LogP contribution in [-0.2, 0) is 9.53 Å². The number of carbonyl (C=O) groups is 1. The molecule has 2 rings (SSSR count). The minimum Gasteiger partial charge on any atom is -0.465 e. The summed E-state index contributed by atoms with van der Waals surface area (Å²) in [5.41, 5.74) is -0.373. The molecule has 0 aliphatic carbocycles. The van der Waals surface area contributed by atoms with Gasteiger partial charge in [-0.1, -0.05) is 45.0 Å². The van der Waals surface area contributed by atoms with Gasteiger partial charge in [0.2, 0.25) is 6.23 Å². The highest BCUT2D eigenvalue weighted by Gasteiger charge is 2.39. The molecule has 1 heterocycles. The zero-order valence-electron chi connectivity index (χ0n) is 14.3. The Labute approximate surface area is 142 Å². The Morgan fingerprint density at radius 1 is 1.33 bits per heavy atom. The molecule has 0 saturated heterocycles. The van der Waals surface area contributed by atoms with Gasteiger partial charge < -0.3 is 9.47 Å². The second kappa shape index (κ2) is 7.77. The van der Waals surface area contributed by atoms with E-state index >= 15 is 0 Å². The zero-order chi connectivity index (χ0) is 17.6. The lowest BCUT2D eigenvalue weighted by molar-refractivity contribution is -0.168. The van der Waals surface area contributed by atoms with Gasteiger partial charge in [-0.25, -0.2) is 9.67 Å². The molecule has 2 unspecified atom stereocenters. The molecule has 0 amide bonds. The van der Waals surface area contributed by atoms with E-state index in [1.54, 1.807) is 11.0 Å². The first-order valence-electron chi connectivity index (χ1n) is 7.78. The molecule has 0 fully saturated rings. The number of ether oxygens (including phenoxy) is 2. The van der Waals surface area contributed by atoms with Crippen LogP contribution in [0.25, 0.3) is 0 Å². The van der Waals surface area contributed by atoms with Crippen LogP contribution >= 0.6 is 0 Å². The molecule has 24 heavy (non-hydrogen) atoms. The molecule has 0 saturated carbocycles. The van der Waals surface area contributed by atoms with E-state index in [-0.39, 0.29) is 17.8 Å². The van der Waals surface area contributed by atoms with Crippen molar-refractivity contribution < 1.29 is 14.3 Å². The summed E-state index contributed by atoms with van der Waals surface area (Å²) in [6.45, 7) is 9.52. The molecule has 0 aliphatic heterocycles. The second-order valence-corrected chi connectivity index (χ2v) is 6.47. The Kier molecular flexibility index (Phi) is 5.73. The molecule has 0 radical (unpaired) electrons. The van der Waals surface area contributed by atoms with Gasteiger partial charge in [0.1, 0.15) is 18.4 Å². The highest BCUT2D eigenvalue weighted by Crippen LogP contribution is 2.33. The van der Waals surface area contributed by atoms with Gasteiger partial charge in [0.05, 0.1) is 6.42 Å². The van der Waals surface area contributed by atoms with Crippen molar-refractivity contribution in [2.24, 2.45) is 5.41 Å². The predicted octanol–water partition coefficient (Wildman–Crippen LogP) is 3.39. The molecular formula is C18H23N3O3. The minimum absolute atomic E-state index is 0.141. The molecule has 0 bridgehead atoms. The van der Waals surface area contributed by atoms with Gasteiger partial charge in [0.25, 0.3) is 0 Å². The Bertz CT molecular complexity index is 648. The molecule has 1 aromatic carbocycles. The number of hydrogen-bond acceptors (Lipinski definition) is 5. The maximum absolute atomic E-state index is 12.0. The lowest BCUT2D eigenvalue weighted by Gasteiger charge is -2.36. The van der Waals surface area contributed by atoms with E-state index in [1.165, 1.54) is 12.4 Å². The fourth-order valence-electron chi connectivity index (χ4n) is 2.21. The second-order valence-electron chi connectivity index (χ2n) is 6.47. The third-order valence-corrected chi connectivity index (χ3v) is 3.38. The maximum atomic E-state index is 12.0. The van der Waals surface area contributed by atoms with Crippen LogP contribution in [-0.4, -0.2) is 26.8 Å². The Hall–Kier alpha value is -2.63. The third kappa shape index (κ3) is 4.68. The van der Waals surface area contributed by atoms with Gasteiger partial charge in [0.15, 0.2) is 6.10 Å². The molecule has 0 spiro atoms. The molecule has 6 heteroatoms. The number of hydrogen-bond donors (Lipinski definition) is 0. The average molecular weight is 329 g/mol. The van der Waals surface area contributed by atoms with E-state index in [0.717, 1.165) is 0 Å². The van der Waals surface area contributed by atoms with E-state index in [9.17, 15) is 4.79 Å². The lowest BCUT2D eigenvalue weighted by Crippen LogP contribution is -2.42. The summed E-state index contributed by atoms with van der Waals surface area (Å²) in [4.78, 5) is 16.0. The predicted molar refractivity (Wildman–Crippen MR) is 90.3 cm³/mol. The summed E-state index contributed by atoms with van der Waals surface area (Å²) >= 11 is 0. The van der Waals surface area contributed by atoms with Gasteiger partial charge in [-0.05, 0) is 12.1 Å². The van der Waals surface area contributed by atoms with Gasteiger partial charge in [-0.2, -0.15) is 5.10 Å². The number of aromatic nitrogens is 3. The summed E-state index contributed by atoms with van der Waals surface area (Å²) in [5.74, 6) is 0.304. The van der Waals surface area contributed by atoms with Crippen molar-refractivity contribution in [2.45, 2.75) is 39.5 Å². The Morgan fingerprint density at radius 2 is 2.04 bits per heavy atom. The van der Waals surface area contributed by atoms with Crippen molar-refractivity contribution in [1.82, 2.24) is 14.8 Å². The SMILES string of the molecule is C=CCC(=O)OC(C(Oc1ccccc1)n1cncn1)C(C)(C)C. The van der Waals surface area contributed by atoms with Crippen molar-refractivity contribution in [2.75, 3.05) is 0 Å². The Balaban J connectivity index is 2.33. The minimum atomic E-state index is -0.635. The van der Waals surface area contributed by atoms with Crippen molar-refractivity contribution in [3.63, 3.8) is 0 Å². The van der Waals surface area contributed by atoms with E-state index in [1.807, 2.05) is 51.1 Å². The molecule has 0 aliphatic rings. The van der Waals surface area contributed by atoms with E-state index in [4.69, 9.17) is 9.47 Å². The molecule has 1 aromatic heterocycles. The van der Waals surface area contributed by atoms with Crippen molar-refractivity contribution >= 4 is 5.97 Å². The fourth-order valence-corrected chi connectivity index (χ4v) is 2.21. The number of carbonyl (C=O) groups excluding carboxylic acids is 1. The van der Waals surface area contributed by atoms with Crippen molar-refractivity contribution in [3.8, 4) is 5.75 Å². The van der Waals surface area contributed by atoms with Gasteiger partial charge in [0, 0.05) is 5.41 Å². The summed E-state index contributed by atoms with van der Waals surface area (Å²) in [5, 5.41) is 4.17. The maximum Gasteiger partial charge on any atom is 0.310 e. The van der Waals surface area contributed by atoms with E-state index in [0.29, 0.717) is 5.75 Å². The summed E-state index contributed by atoms with van der Waals surface area (Å²) in [6.07, 6.45) is 3.43. The summed E-state index contributed by atoms with van der Waals surface area (Å²) in [7, 11) is 0. The third-order valence-electron chi connectivity index (χ3n) is 3.38. The number of nitrogens with zero attached hydrogens (tertiary/aromatic N) is 3. The number of rotatable bonds is 7. The van der Waals surface area contributed by atoms with Crippen molar-refractivity contribution in [1.29, 1.82) is 0 Å². The number of benzene rings is 1. The highest BCUT2D eigenvalue weighted by atomic mass is 16.6. The molecular weight excluding hydrogens is 306 g/mol. The zero-order valence-corrected chi connectivity index (χ0v) is 14.3.